The molecule has 1 N–H and O–H groups in total. The van der Waals surface area contributed by atoms with Crippen molar-refractivity contribution in [3.05, 3.63) is 56.4 Å². The van der Waals surface area contributed by atoms with Gasteiger partial charge in [-0.25, -0.2) is 4.79 Å². The lowest BCUT2D eigenvalue weighted by Crippen LogP contribution is -1.99. The fraction of sp³-hybridized carbons (Fsp3) is 0.0833. The Labute approximate surface area is 121 Å². The standard InChI is InChI=1S/C12H8BrNO6/c13-9-2-1-3-10(14(17)18)11(9)20-6-8-4-7(5-19-8)12(15)16/h1-5H,6H2,(H,15,16). The molecule has 1 heterocycles. The van der Waals surface area contributed by atoms with Crippen LogP contribution in [0.1, 0.15) is 16.1 Å². The molecule has 0 aliphatic carbocycles. The summed E-state index contributed by atoms with van der Waals surface area (Å²) in [5, 5.41) is 19.6. The zero-order valence-corrected chi connectivity index (χ0v) is 11.5. The largest absolute Gasteiger partial charge is 0.478 e. The second-order valence-corrected chi connectivity index (χ2v) is 4.60. The Morgan fingerprint density at radius 2 is 2.25 bits per heavy atom. The van der Waals surface area contributed by atoms with Crippen molar-refractivity contribution >= 4 is 27.6 Å². The molecule has 1 aromatic carbocycles. The average Bonchev–Trinajstić information content (AvgIpc) is 2.86. The van der Waals surface area contributed by atoms with Crippen molar-refractivity contribution < 1.29 is 24.0 Å². The van der Waals surface area contributed by atoms with E-state index in [2.05, 4.69) is 15.9 Å². The van der Waals surface area contributed by atoms with Crippen LogP contribution in [0.3, 0.4) is 0 Å². The van der Waals surface area contributed by atoms with E-state index >= 15 is 0 Å². The molecule has 0 unspecified atom stereocenters. The van der Waals surface area contributed by atoms with Gasteiger partial charge in [0, 0.05) is 6.07 Å². The first-order valence-corrected chi connectivity index (χ1v) is 6.14. The SMILES string of the molecule is O=C(O)c1coc(COc2c(Br)cccc2[N+](=O)[O-])c1. The van der Waals surface area contributed by atoms with E-state index < -0.39 is 10.9 Å². The third-order valence-electron chi connectivity index (χ3n) is 2.40. The van der Waals surface area contributed by atoms with Crippen molar-refractivity contribution in [2.24, 2.45) is 0 Å². The number of ether oxygens (including phenoxy) is 1. The van der Waals surface area contributed by atoms with Gasteiger partial charge in [-0.15, -0.1) is 0 Å². The summed E-state index contributed by atoms with van der Waals surface area (Å²) in [7, 11) is 0. The number of hydrogen-bond donors (Lipinski definition) is 1. The molecule has 2 rings (SSSR count). The molecular formula is C12H8BrNO6. The fourth-order valence-corrected chi connectivity index (χ4v) is 1.97. The first kappa shape index (κ1) is 14.1. The Kier molecular flexibility index (Phi) is 4.04. The van der Waals surface area contributed by atoms with Crippen molar-refractivity contribution in [3.8, 4) is 5.75 Å². The van der Waals surface area contributed by atoms with E-state index in [1.807, 2.05) is 0 Å². The van der Waals surface area contributed by atoms with Crippen LogP contribution in [0.25, 0.3) is 0 Å². The lowest BCUT2D eigenvalue weighted by molar-refractivity contribution is -0.386. The molecule has 0 atom stereocenters. The molecule has 1 aromatic heterocycles. The number of carboxylic acid groups (broad SMARTS) is 1. The number of rotatable bonds is 5. The number of nitrogens with zero attached hydrogens (tertiary/aromatic N) is 1. The van der Waals surface area contributed by atoms with Crippen LogP contribution in [-0.4, -0.2) is 16.0 Å². The molecule has 104 valence electrons. The summed E-state index contributed by atoms with van der Waals surface area (Å²) in [4.78, 5) is 21.0. The Balaban J connectivity index is 2.18. The first-order chi connectivity index (χ1) is 9.49. The monoisotopic (exact) mass is 341 g/mol. The molecule has 0 amide bonds. The molecule has 0 saturated heterocycles. The van der Waals surface area contributed by atoms with Crippen LogP contribution < -0.4 is 4.74 Å². The van der Waals surface area contributed by atoms with Gasteiger partial charge in [0.1, 0.15) is 18.6 Å². The molecule has 0 saturated carbocycles. The van der Waals surface area contributed by atoms with Gasteiger partial charge in [-0.1, -0.05) is 6.07 Å². The van der Waals surface area contributed by atoms with Gasteiger partial charge in [-0.3, -0.25) is 10.1 Å². The quantitative estimate of drug-likeness (QED) is 0.661. The highest BCUT2D eigenvalue weighted by Crippen LogP contribution is 2.35. The van der Waals surface area contributed by atoms with Crippen molar-refractivity contribution in [2.75, 3.05) is 0 Å². The molecule has 0 spiro atoms. The highest BCUT2D eigenvalue weighted by atomic mass is 79.9. The summed E-state index contributed by atoms with van der Waals surface area (Å²) < 4.78 is 10.8. The van der Waals surface area contributed by atoms with Crippen LogP contribution in [-0.2, 0) is 6.61 Å². The molecule has 0 bridgehead atoms. The van der Waals surface area contributed by atoms with Gasteiger partial charge in [-0.2, -0.15) is 0 Å². The topological polar surface area (TPSA) is 103 Å². The minimum absolute atomic E-state index is 0.00905. The predicted molar refractivity (Wildman–Crippen MR) is 70.8 cm³/mol. The lowest BCUT2D eigenvalue weighted by Gasteiger charge is -2.06. The van der Waals surface area contributed by atoms with E-state index in [-0.39, 0.29) is 29.4 Å². The molecular weight excluding hydrogens is 334 g/mol. The number of furan rings is 1. The highest BCUT2D eigenvalue weighted by molar-refractivity contribution is 9.10. The van der Waals surface area contributed by atoms with Crippen molar-refractivity contribution in [1.29, 1.82) is 0 Å². The molecule has 7 nitrogen and oxygen atoms in total. The number of halogens is 1. The summed E-state index contributed by atoms with van der Waals surface area (Å²) in [6.07, 6.45) is 1.08. The van der Waals surface area contributed by atoms with Gasteiger partial charge in [-0.05, 0) is 28.1 Å². The minimum Gasteiger partial charge on any atom is -0.478 e. The van der Waals surface area contributed by atoms with Crippen LogP contribution in [0.15, 0.2) is 39.4 Å². The van der Waals surface area contributed by atoms with Crippen LogP contribution in [0.2, 0.25) is 0 Å². The van der Waals surface area contributed by atoms with Gasteiger partial charge in [0.25, 0.3) is 0 Å². The van der Waals surface area contributed by atoms with Crippen LogP contribution >= 0.6 is 15.9 Å². The van der Waals surface area contributed by atoms with Gasteiger partial charge in [0.15, 0.2) is 0 Å². The van der Waals surface area contributed by atoms with E-state index in [4.69, 9.17) is 14.3 Å². The van der Waals surface area contributed by atoms with Gasteiger partial charge < -0.3 is 14.3 Å². The van der Waals surface area contributed by atoms with E-state index in [9.17, 15) is 14.9 Å². The second-order valence-electron chi connectivity index (χ2n) is 3.74. The van der Waals surface area contributed by atoms with Gasteiger partial charge in [0.05, 0.1) is 15.0 Å². The summed E-state index contributed by atoms with van der Waals surface area (Å²) in [6.45, 7) is -0.114. The van der Waals surface area contributed by atoms with Crippen molar-refractivity contribution in [1.82, 2.24) is 0 Å². The highest BCUT2D eigenvalue weighted by Gasteiger charge is 2.18. The maximum absolute atomic E-state index is 10.9. The molecule has 0 radical (unpaired) electrons. The number of aromatic carboxylic acids is 1. The zero-order chi connectivity index (χ0) is 14.7. The lowest BCUT2D eigenvalue weighted by atomic mass is 10.3. The average molecular weight is 342 g/mol. The number of carbonyl (C=O) groups is 1. The van der Waals surface area contributed by atoms with Gasteiger partial charge in [0.2, 0.25) is 5.75 Å². The number of nitro groups is 1. The normalized spacial score (nSPS) is 10.2. The number of benzene rings is 1. The van der Waals surface area contributed by atoms with E-state index in [0.29, 0.717) is 4.47 Å². The van der Waals surface area contributed by atoms with Crippen LogP contribution in [0, 0.1) is 10.1 Å². The number of carboxylic acids is 1. The number of hydrogen-bond acceptors (Lipinski definition) is 5. The summed E-state index contributed by atoms with van der Waals surface area (Å²) in [6, 6.07) is 5.73. The molecule has 0 aliphatic heterocycles. The number of para-hydroxylation sites is 1. The summed E-state index contributed by atoms with van der Waals surface area (Å²) in [5.41, 5.74) is -0.199. The van der Waals surface area contributed by atoms with Crippen molar-refractivity contribution in [2.45, 2.75) is 6.61 Å². The van der Waals surface area contributed by atoms with Crippen molar-refractivity contribution in [3.63, 3.8) is 0 Å². The third-order valence-corrected chi connectivity index (χ3v) is 3.03. The Bertz CT molecular complexity index is 666. The predicted octanol–water partition coefficient (Wildman–Crippen LogP) is 3.23. The Hall–Kier alpha value is -2.35. The first-order valence-electron chi connectivity index (χ1n) is 5.35. The molecule has 0 fully saturated rings. The third kappa shape index (κ3) is 2.97. The minimum atomic E-state index is -1.12. The van der Waals surface area contributed by atoms with E-state index in [1.165, 1.54) is 18.2 Å². The molecule has 2 aromatic rings. The Morgan fingerprint density at radius 3 is 2.85 bits per heavy atom. The van der Waals surface area contributed by atoms with E-state index in [1.54, 1.807) is 6.07 Å². The second kappa shape index (κ2) is 5.74. The summed E-state index contributed by atoms with van der Waals surface area (Å²) in [5.74, 6) is -0.801. The van der Waals surface area contributed by atoms with E-state index in [0.717, 1.165) is 6.26 Å². The zero-order valence-electron chi connectivity index (χ0n) is 9.91. The smallest absolute Gasteiger partial charge is 0.338 e. The Morgan fingerprint density at radius 1 is 1.50 bits per heavy atom. The maximum atomic E-state index is 10.9. The van der Waals surface area contributed by atoms with Gasteiger partial charge >= 0.3 is 11.7 Å². The van der Waals surface area contributed by atoms with Crippen LogP contribution in [0.4, 0.5) is 5.69 Å². The molecule has 20 heavy (non-hydrogen) atoms. The number of nitro benzene ring substituents is 1. The fourth-order valence-electron chi connectivity index (χ4n) is 1.50. The molecule has 8 heteroatoms. The summed E-state index contributed by atoms with van der Waals surface area (Å²) >= 11 is 3.16. The molecule has 0 aliphatic rings. The maximum Gasteiger partial charge on any atom is 0.338 e. The van der Waals surface area contributed by atoms with Crippen LogP contribution in [0.5, 0.6) is 5.75 Å².